The third-order valence-electron chi connectivity index (χ3n) is 3.52. The van der Waals surface area contributed by atoms with Gasteiger partial charge in [0.15, 0.2) is 0 Å². The molecule has 2 rings (SSSR count). The highest BCUT2D eigenvalue weighted by molar-refractivity contribution is 7.89. The van der Waals surface area contributed by atoms with E-state index in [2.05, 4.69) is 4.72 Å². The van der Waals surface area contributed by atoms with E-state index in [4.69, 9.17) is 0 Å². The molecule has 0 aliphatic heterocycles. The molecule has 0 heterocycles. The van der Waals surface area contributed by atoms with E-state index in [0.29, 0.717) is 5.56 Å². The number of nitrogens with one attached hydrogen (secondary N) is 1. The first-order valence-electron chi connectivity index (χ1n) is 6.17. The Bertz CT molecular complexity index is 548. The minimum absolute atomic E-state index is 0.0771. The molecule has 0 bridgehead atoms. The second-order valence-corrected chi connectivity index (χ2v) is 6.63. The van der Waals surface area contributed by atoms with Gasteiger partial charge in [-0.2, -0.15) is 0 Å². The summed E-state index contributed by atoms with van der Waals surface area (Å²) in [4.78, 5) is 0.282. The fourth-order valence-corrected chi connectivity index (χ4v) is 3.73. The van der Waals surface area contributed by atoms with Crippen LogP contribution in [0.5, 0.6) is 0 Å². The Morgan fingerprint density at radius 1 is 1.28 bits per heavy atom. The molecule has 1 aromatic rings. The first kappa shape index (κ1) is 13.5. The lowest BCUT2D eigenvalue weighted by Gasteiger charge is -2.26. The van der Waals surface area contributed by atoms with Gasteiger partial charge in [-0.15, -0.1) is 0 Å². The average Bonchev–Trinajstić information content (AvgIpc) is 2.23. The van der Waals surface area contributed by atoms with E-state index in [0.717, 1.165) is 30.4 Å². The molecule has 4 nitrogen and oxygen atoms in total. The molecular weight excluding hydrogens is 250 g/mol. The monoisotopic (exact) mass is 269 g/mol. The number of hydrogen-bond acceptors (Lipinski definition) is 3. The van der Waals surface area contributed by atoms with Crippen LogP contribution in [0.4, 0.5) is 0 Å². The maximum atomic E-state index is 12.2. The lowest BCUT2D eigenvalue weighted by molar-refractivity contribution is 0.280. The summed E-state index contributed by atoms with van der Waals surface area (Å²) in [6.07, 6.45) is 2.91. The quantitative estimate of drug-likeness (QED) is 0.873. The molecule has 5 heteroatoms. The predicted molar refractivity (Wildman–Crippen MR) is 69.8 cm³/mol. The fourth-order valence-electron chi connectivity index (χ4n) is 2.14. The molecule has 0 saturated heterocycles. The SMILES string of the molecule is Cc1cc(C)c(S(=O)(=O)NC2CCC2)cc1CO. The molecule has 1 aromatic carbocycles. The number of hydrogen-bond donors (Lipinski definition) is 2. The third kappa shape index (κ3) is 2.58. The zero-order valence-corrected chi connectivity index (χ0v) is 11.5. The van der Waals surface area contributed by atoms with Gasteiger partial charge in [0.25, 0.3) is 0 Å². The molecule has 2 N–H and O–H groups in total. The molecule has 1 fully saturated rings. The maximum absolute atomic E-state index is 12.2. The number of rotatable bonds is 4. The second-order valence-electron chi connectivity index (χ2n) is 4.95. The van der Waals surface area contributed by atoms with Crippen molar-refractivity contribution in [1.29, 1.82) is 0 Å². The van der Waals surface area contributed by atoms with Crippen molar-refractivity contribution in [2.75, 3.05) is 0 Å². The maximum Gasteiger partial charge on any atom is 0.241 e. The van der Waals surface area contributed by atoms with Crippen molar-refractivity contribution in [3.63, 3.8) is 0 Å². The third-order valence-corrected chi connectivity index (χ3v) is 5.18. The van der Waals surface area contributed by atoms with E-state index in [1.807, 2.05) is 6.92 Å². The van der Waals surface area contributed by atoms with Gasteiger partial charge in [-0.1, -0.05) is 12.5 Å². The fraction of sp³-hybridized carbons (Fsp3) is 0.538. The molecule has 1 saturated carbocycles. The van der Waals surface area contributed by atoms with Gasteiger partial charge in [-0.05, 0) is 49.4 Å². The summed E-state index contributed by atoms with van der Waals surface area (Å²) in [7, 11) is -3.46. The zero-order valence-electron chi connectivity index (χ0n) is 10.7. The van der Waals surface area contributed by atoms with Gasteiger partial charge >= 0.3 is 0 Å². The summed E-state index contributed by atoms with van der Waals surface area (Å²) >= 11 is 0. The van der Waals surface area contributed by atoms with Gasteiger partial charge in [-0.3, -0.25) is 0 Å². The number of sulfonamides is 1. The summed E-state index contributed by atoms with van der Waals surface area (Å²) in [6.45, 7) is 3.51. The van der Waals surface area contributed by atoms with Crippen molar-refractivity contribution in [2.24, 2.45) is 0 Å². The largest absolute Gasteiger partial charge is 0.392 e. The van der Waals surface area contributed by atoms with Crippen LogP contribution in [0.1, 0.15) is 36.0 Å². The Balaban J connectivity index is 2.36. The van der Waals surface area contributed by atoms with Crippen molar-refractivity contribution >= 4 is 10.0 Å². The topological polar surface area (TPSA) is 66.4 Å². The van der Waals surface area contributed by atoms with Crippen molar-refractivity contribution in [3.8, 4) is 0 Å². The molecule has 100 valence electrons. The van der Waals surface area contributed by atoms with Crippen molar-refractivity contribution < 1.29 is 13.5 Å². The molecule has 0 aromatic heterocycles. The van der Waals surface area contributed by atoms with Crippen LogP contribution in [-0.4, -0.2) is 19.6 Å². The summed E-state index contributed by atoms with van der Waals surface area (Å²) < 4.78 is 27.2. The van der Waals surface area contributed by atoms with Gasteiger partial charge < -0.3 is 5.11 Å². The number of aryl methyl sites for hydroxylation is 2. The van der Waals surface area contributed by atoms with Gasteiger partial charge in [-0.25, -0.2) is 13.1 Å². The predicted octanol–water partition coefficient (Wildman–Crippen LogP) is 1.63. The molecule has 0 spiro atoms. The van der Waals surface area contributed by atoms with Crippen molar-refractivity contribution in [3.05, 3.63) is 28.8 Å². The standard InChI is InChI=1S/C13H19NO3S/c1-9-6-10(2)13(7-11(9)8-15)18(16,17)14-12-4-3-5-12/h6-7,12,14-15H,3-5,8H2,1-2H3. The summed E-state index contributed by atoms with van der Waals surface area (Å²) in [5, 5.41) is 9.22. The van der Waals surface area contributed by atoms with Crippen LogP contribution in [-0.2, 0) is 16.6 Å². The lowest BCUT2D eigenvalue weighted by Crippen LogP contribution is -2.39. The Labute approximate surface area is 108 Å². The van der Waals surface area contributed by atoms with E-state index in [1.54, 1.807) is 19.1 Å². The molecule has 0 radical (unpaired) electrons. The van der Waals surface area contributed by atoms with Crippen LogP contribution < -0.4 is 4.72 Å². The average molecular weight is 269 g/mol. The Morgan fingerprint density at radius 3 is 2.44 bits per heavy atom. The molecule has 18 heavy (non-hydrogen) atoms. The van der Waals surface area contributed by atoms with Crippen LogP contribution in [0.2, 0.25) is 0 Å². The Hall–Kier alpha value is -0.910. The van der Waals surface area contributed by atoms with Crippen LogP contribution >= 0.6 is 0 Å². The highest BCUT2D eigenvalue weighted by Gasteiger charge is 2.26. The van der Waals surface area contributed by atoms with E-state index < -0.39 is 10.0 Å². The summed E-state index contributed by atoms with van der Waals surface area (Å²) in [5.41, 5.74) is 2.30. The van der Waals surface area contributed by atoms with Crippen LogP contribution in [0.3, 0.4) is 0 Å². The molecule has 1 aliphatic carbocycles. The van der Waals surface area contributed by atoms with Crippen LogP contribution in [0.15, 0.2) is 17.0 Å². The normalized spacial score (nSPS) is 16.6. The Morgan fingerprint density at radius 2 is 1.94 bits per heavy atom. The molecule has 0 unspecified atom stereocenters. The summed E-state index contributed by atoms with van der Waals surface area (Å²) in [5.74, 6) is 0. The van der Waals surface area contributed by atoms with Gasteiger partial charge in [0.1, 0.15) is 0 Å². The second kappa shape index (κ2) is 4.99. The summed E-state index contributed by atoms with van der Waals surface area (Å²) in [6, 6.07) is 3.46. The molecular formula is C13H19NO3S. The molecule has 0 amide bonds. The highest BCUT2D eigenvalue weighted by atomic mass is 32.2. The minimum Gasteiger partial charge on any atom is -0.392 e. The van der Waals surface area contributed by atoms with Crippen LogP contribution in [0, 0.1) is 13.8 Å². The smallest absolute Gasteiger partial charge is 0.241 e. The molecule has 0 atom stereocenters. The first-order chi connectivity index (χ1) is 8.44. The first-order valence-corrected chi connectivity index (χ1v) is 7.65. The minimum atomic E-state index is -3.46. The van der Waals surface area contributed by atoms with Crippen LogP contribution in [0.25, 0.3) is 0 Å². The Kier molecular flexibility index (Phi) is 3.75. The molecule has 1 aliphatic rings. The number of aliphatic hydroxyl groups excluding tert-OH is 1. The van der Waals surface area contributed by atoms with Gasteiger partial charge in [0, 0.05) is 6.04 Å². The van der Waals surface area contributed by atoms with Crippen molar-refractivity contribution in [2.45, 2.75) is 50.7 Å². The number of benzene rings is 1. The van der Waals surface area contributed by atoms with E-state index >= 15 is 0 Å². The van der Waals surface area contributed by atoms with E-state index in [1.165, 1.54) is 0 Å². The van der Waals surface area contributed by atoms with Gasteiger partial charge in [0.05, 0.1) is 11.5 Å². The lowest BCUT2D eigenvalue weighted by atomic mass is 9.94. The van der Waals surface area contributed by atoms with Gasteiger partial charge in [0.2, 0.25) is 10.0 Å². The highest BCUT2D eigenvalue weighted by Crippen LogP contribution is 2.24. The number of aliphatic hydroxyl groups is 1. The zero-order chi connectivity index (χ0) is 13.3. The van der Waals surface area contributed by atoms with Crippen molar-refractivity contribution in [1.82, 2.24) is 4.72 Å². The van der Waals surface area contributed by atoms with E-state index in [9.17, 15) is 13.5 Å². The van der Waals surface area contributed by atoms with E-state index in [-0.39, 0.29) is 17.5 Å².